The van der Waals surface area contributed by atoms with Gasteiger partial charge in [-0.2, -0.15) is 0 Å². The van der Waals surface area contributed by atoms with Crippen LogP contribution >= 0.6 is 0 Å². The Bertz CT molecular complexity index is 1470. The topological polar surface area (TPSA) is 130 Å². The second kappa shape index (κ2) is 8.50. The zero-order valence-electron chi connectivity index (χ0n) is 17.7. The van der Waals surface area contributed by atoms with E-state index in [2.05, 4.69) is 5.16 Å². The van der Waals surface area contributed by atoms with Crippen LogP contribution in [-0.2, 0) is 16.2 Å². The minimum Gasteiger partial charge on any atom is -0.341 e. The number of fused-ring (bicyclic) bond motifs is 3. The van der Waals surface area contributed by atoms with Gasteiger partial charge >= 0.3 is 5.97 Å². The van der Waals surface area contributed by atoms with Crippen LogP contribution in [0.5, 0.6) is 0 Å². The molecular weight excluding hydrogens is 428 g/mol. The van der Waals surface area contributed by atoms with Crippen LogP contribution in [0, 0.1) is 20.2 Å². The summed E-state index contributed by atoms with van der Waals surface area (Å²) < 4.78 is 2.04. The van der Waals surface area contributed by atoms with E-state index in [1.807, 2.05) is 17.6 Å². The summed E-state index contributed by atoms with van der Waals surface area (Å²) in [5, 5.41) is 28.0. The summed E-state index contributed by atoms with van der Waals surface area (Å²) in [6.45, 7) is 3.83. The first kappa shape index (κ1) is 21.6. The Hall–Kier alpha value is -4.60. The fourth-order valence-corrected chi connectivity index (χ4v) is 3.84. The van der Waals surface area contributed by atoms with Gasteiger partial charge in [-0.15, -0.1) is 0 Å². The average Bonchev–Trinajstić information content (AvgIpc) is 3.11. The molecule has 0 saturated heterocycles. The second-order valence-corrected chi connectivity index (χ2v) is 7.26. The molecule has 0 radical (unpaired) electrons. The standard InChI is InChI=1S/C23H18N4O6/c1-3-25-21-9-7-16(12-19(21)20-13-18(27(31)32)8-10-22(20)25)23(24-33-14(2)28)15-5-4-6-17(11-15)26(29)30/h4-13H,3H2,1-2H3. The summed E-state index contributed by atoms with van der Waals surface area (Å²) in [6.07, 6.45) is 0. The van der Waals surface area contributed by atoms with Crippen LogP contribution in [0.1, 0.15) is 25.0 Å². The van der Waals surface area contributed by atoms with Crippen molar-refractivity contribution in [2.45, 2.75) is 20.4 Å². The van der Waals surface area contributed by atoms with Crippen LogP contribution in [0.2, 0.25) is 0 Å². The van der Waals surface area contributed by atoms with Crippen molar-refractivity contribution >= 4 is 44.9 Å². The highest BCUT2D eigenvalue weighted by molar-refractivity contribution is 6.17. The number of aromatic nitrogens is 1. The predicted octanol–water partition coefficient (Wildman–Crippen LogP) is 4.95. The van der Waals surface area contributed by atoms with Gasteiger partial charge < -0.3 is 9.40 Å². The molecule has 33 heavy (non-hydrogen) atoms. The van der Waals surface area contributed by atoms with Gasteiger partial charge in [-0.05, 0) is 25.1 Å². The number of rotatable bonds is 6. The normalized spacial score (nSPS) is 11.6. The van der Waals surface area contributed by atoms with E-state index in [0.717, 1.165) is 16.4 Å². The molecule has 0 bridgehead atoms. The van der Waals surface area contributed by atoms with Gasteiger partial charge in [-0.3, -0.25) is 20.2 Å². The van der Waals surface area contributed by atoms with Crippen molar-refractivity contribution in [3.8, 4) is 0 Å². The highest BCUT2D eigenvalue weighted by Gasteiger charge is 2.18. The Kier molecular flexibility index (Phi) is 5.57. The number of nitro benzene ring substituents is 2. The summed E-state index contributed by atoms with van der Waals surface area (Å²) in [7, 11) is 0. The smallest absolute Gasteiger partial charge is 0.332 e. The van der Waals surface area contributed by atoms with Gasteiger partial charge in [-0.1, -0.05) is 23.4 Å². The molecule has 10 nitrogen and oxygen atoms in total. The van der Waals surface area contributed by atoms with Crippen molar-refractivity contribution in [1.82, 2.24) is 4.57 Å². The van der Waals surface area contributed by atoms with Crippen molar-refractivity contribution in [3.05, 3.63) is 92.0 Å². The van der Waals surface area contributed by atoms with Crippen molar-refractivity contribution in [3.63, 3.8) is 0 Å². The fraction of sp³-hybridized carbons (Fsp3) is 0.130. The van der Waals surface area contributed by atoms with E-state index in [0.29, 0.717) is 23.1 Å². The second-order valence-electron chi connectivity index (χ2n) is 7.26. The maximum atomic E-state index is 11.4. The first-order chi connectivity index (χ1) is 15.8. The first-order valence-corrected chi connectivity index (χ1v) is 10.0. The molecule has 1 heterocycles. The lowest BCUT2D eigenvalue weighted by molar-refractivity contribution is -0.385. The summed E-state index contributed by atoms with van der Waals surface area (Å²) in [6, 6.07) is 15.9. The van der Waals surface area contributed by atoms with Gasteiger partial charge in [-0.25, -0.2) is 4.79 Å². The highest BCUT2D eigenvalue weighted by atomic mass is 16.7. The Morgan fingerprint density at radius 2 is 1.52 bits per heavy atom. The molecule has 4 aromatic rings. The van der Waals surface area contributed by atoms with E-state index in [-0.39, 0.29) is 17.1 Å². The van der Waals surface area contributed by atoms with Crippen LogP contribution < -0.4 is 0 Å². The Balaban J connectivity index is 1.97. The van der Waals surface area contributed by atoms with Crippen LogP contribution in [0.15, 0.2) is 65.8 Å². The van der Waals surface area contributed by atoms with E-state index in [1.165, 1.54) is 37.3 Å². The Labute approximate surface area is 187 Å². The molecular formula is C23H18N4O6. The molecule has 0 amide bonds. The minimum absolute atomic E-state index is 0.0319. The van der Waals surface area contributed by atoms with E-state index in [9.17, 15) is 25.0 Å². The number of nitro groups is 2. The molecule has 0 spiro atoms. The molecule has 0 aliphatic heterocycles. The molecule has 0 atom stereocenters. The number of nitrogens with zero attached hydrogens (tertiary/aromatic N) is 4. The third-order valence-electron chi connectivity index (χ3n) is 5.24. The minimum atomic E-state index is -0.641. The Morgan fingerprint density at radius 3 is 2.15 bits per heavy atom. The molecule has 0 aliphatic carbocycles. The SMILES string of the molecule is CCn1c2ccc(C(=NOC(C)=O)c3cccc([N+](=O)[O-])c3)cc2c2cc([N+](=O)[O-])ccc21. The molecule has 0 N–H and O–H groups in total. The molecule has 0 aliphatic rings. The lowest BCUT2D eigenvalue weighted by Gasteiger charge is -2.08. The van der Waals surface area contributed by atoms with Crippen LogP contribution in [-0.4, -0.2) is 26.1 Å². The summed E-state index contributed by atoms with van der Waals surface area (Å²) in [5.41, 5.74) is 2.67. The third-order valence-corrected chi connectivity index (χ3v) is 5.24. The van der Waals surface area contributed by atoms with Gasteiger partial charge in [0.25, 0.3) is 11.4 Å². The zero-order valence-corrected chi connectivity index (χ0v) is 17.7. The Morgan fingerprint density at radius 1 is 0.909 bits per heavy atom. The van der Waals surface area contributed by atoms with Crippen molar-refractivity contribution in [2.75, 3.05) is 0 Å². The van der Waals surface area contributed by atoms with Gasteiger partial charge in [0.05, 0.1) is 9.85 Å². The van der Waals surface area contributed by atoms with Crippen LogP contribution in [0.25, 0.3) is 21.8 Å². The molecule has 0 fully saturated rings. The number of carbonyl (C=O) groups is 1. The molecule has 0 unspecified atom stereocenters. The molecule has 166 valence electrons. The maximum Gasteiger partial charge on any atom is 0.332 e. The predicted molar refractivity (Wildman–Crippen MR) is 122 cm³/mol. The summed E-state index contributed by atoms with van der Waals surface area (Å²) in [4.78, 5) is 37.9. The van der Waals surface area contributed by atoms with Crippen LogP contribution in [0.4, 0.5) is 11.4 Å². The van der Waals surface area contributed by atoms with Crippen LogP contribution in [0.3, 0.4) is 0 Å². The number of hydrogen-bond acceptors (Lipinski definition) is 7. The van der Waals surface area contributed by atoms with Gasteiger partial charge in [0.2, 0.25) is 0 Å². The van der Waals surface area contributed by atoms with E-state index >= 15 is 0 Å². The van der Waals surface area contributed by atoms with E-state index in [1.54, 1.807) is 24.3 Å². The molecule has 4 rings (SSSR count). The average molecular weight is 446 g/mol. The lowest BCUT2D eigenvalue weighted by Crippen LogP contribution is -2.07. The highest BCUT2D eigenvalue weighted by Crippen LogP contribution is 2.33. The number of hydrogen-bond donors (Lipinski definition) is 0. The number of carbonyl (C=O) groups excluding carboxylic acids is 1. The van der Waals surface area contributed by atoms with E-state index in [4.69, 9.17) is 4.84 Å². The zero-order chi connectivity index (χ0) is 23.7. The molecule has 1 aromatic heterocycles. The molecule has 10 heteroatoms. The molecule has 3 aromatic carbocycles. The first-order valence-electron chi connectivity index (χ1n) is 10.0. The van der Waals surface area contributed by atoms with Gasteiger partial charge in [0.15, 0.2) is 0 Å². The monoisotopic (exact) mass is 446 g/mol. The maximum absolute atomic E-state index is 11.4. The number of non-ortho nitro benzene ring substituents is 2. The van der Waals surface area contributed by atoms with Crippen molar-refractivity contribution < 1.29 is 19.5 Å². The van der Waals surface area contributed by atoms with E-state index < -0.39 is 15.8 Å². The van der Waals surface area contributed by atoms with Gasteiger partial charge in [0, 0.05) is 70.7 Å². The summed E-state index contributed by atoms with van der Waals surface area (Å²) in [5.74, 6) is -0.641. The summed E-state index contributed by atoms with van der Waals surface area (Å²) >= 11 is 0. The van der Waals surface area contributed by atoms with Crippen molar-refractivity contribution in [2.24, 2.45) is 5.16 Å². The van der Waals surface area contributed by atoms with Crippen molar-refractivity contribution in [1.29, 1.82) is 0 Å². The fourth-order valence-electron chi connectivity index (χ4n) is 3.84. The lowest BCUT2D eigenvalue weighted by atomic mass is 10.00. The van der Waals surface area contributed by atoms with Gasteiger partial charge in [0.1, 0.15) is 5.71 Å². The largest absolute Gasteiger partial charge is 0.341 e. The third kappa shape index (κ3) is 4.01. The number of benzene rings is 3. The molecule has 0 saturated carbocycles. The quantitative estimate of drug-likeness (QED) is 0.178. The number of oxime groups is 1. The number of aryl methyl sites for hydroxylation is 1.